The van der Waals surface area contributed by atoms with Crippen LogP contribution in [0.1, 0.15) is 5.69 Å². The molecule has 0 aliphatic heterocycles. The van der Waals surface area contributed by atoms with Crippen LogP contribution in [0.2, 0.25) is 5.02 Å². The maximum Gasteiger partial charge on any atom is 0.311 e. The lowest BCUT2D eigenvalue weighted by molar-refractivity contribution is -0.385. The van der Waals surface area contributed by atoms with Crippen molar-refractivity contribution in [1.29, 1.82) is 5.26 Å². The van der Waals surface area contributed by atoms with E-state index in [2.05, 4.69) is 4.98 Å². The minimum atomic E-state index is -0.589. The van der Waals surface area contributed by atoms with Gasteiger partial charge in [0.25, 0.3) is 0 Å². The number of nitriles is 1. The molecule has 0 atom stereocenters. The van der Waals surface area contributed by atoms with E-state index >= 15 is 0 Å². The Balaban J connectivity index is 2.46. The van der Waals surface area contributed by atoms with Crippen molar-refractivity contribution in [2.75, 3.05) is 0 Å². The minimum absolute atomic E-state index is 0.0387. The van der Waals surface area contributed by atoms with E-state index in [1.807, 2.05) is 6.07 Å². The Morgan fingerprint density at radius 2 is 2.16 bits per heavy atom. The first-order valence-corrected chi connectivity index (χ1v) is 5.46. The van der Waals surface area contributed by atoms with Gasteiger partial charge in [-0.3, -0.25) is 10.1 Å². The number of rotatable bonds is 3. The molecule has 0 spiro atoms. The SMILES string of the molecule is N#Cc1ncccc1Oc1cc(Cl)ccc1[N+](=O)[O-]. The van der Waals surface area contributed by atoms with Gasteiger partial charge in [-0.2, -0.15) is 5.26 Å². The summed E-state index contributed by atoms with van der Waals surface area (Å²) in [7, 11) is 0. The molecule has 1 aromatic heterocycles. The number of nitro groups is 1. The summed E-state index contributed by atoms with van der Waals surface area (Å²) in [5, 5.41) is 20.1. The van der Waals surface area contributed by atoms with Crippen LogP contribution in [-0.2, 0) is 0 Å². The molecule has 0 fully saturated rings. The Hall–Kier alpha value is -2.65. The van der Waals surface area contributed by atoms with Crippen molar-refractivity contribution in [3.05, 3.63) is 57.4 Å². The van der Waals surface area contributed by atoms with E-state index in [0.717, 1.165) is 0 Å². The monoisotopic (exact) mass is 275 g/mol. The normalized spacial score (nSPS) is 9.68. The Morgan fingerprint density at radius 3 is 2.84 bits per heavy atom. The fourth-order valence-corrected chi connectivity index (χ4v) is 1.56. The zero-order chi connectivity index (χ0) is 13.8. The molecule has 0 amide bonds. The third-order valence-electron chi connectivity index (χ3n) is 2.22. The molecule has 0 unspecified atom stereocenters. The van der Waals surface area contributed by atoms with Gasteiger partial charge in [0.1, 0.15) is 6.07 Å². The Morgan fingerprint density at radius 1 is 1.37 bits per heavy atom. The standard InChI is InChI=1S/C12H6ClN3O3/c13-8-3-4-10(16(17)18)12(6-8)19-11-2-1-5-15-9(11)7-14/h1-6H. The zero-order valence-corrected chi connectivity index (χ0v) is 10.2. The molecule has 6 nitrogen and oxygen atoms in total. The number of hydrogen-bond donors (Lipinski definition) is 0. The number of hydrogen-bond acceptors (Lipinski definition) is 5. The van der Waals surface area contributed by atoms with Crippen LogP contribution in [0.5, 0.6) is 11.5 Å². The summed E-state index contributed by atoms with van der Waals surface area (Å²) in [4.78, 5) is 14.1. The number of halogens is 1. The number of nitrogens with zero attached hydrogens (tertiary/aromatic N) is 3. The van der Waals surface area contributed by atoms with Gasteiger partial charge in [0.2, 0.25) is 5.75 Å². The third kappa shape index (κ3) is 2.78. The molecule has 1 heterocycles. The van der Waals surface area contributed by atoms with Crippen LogP contribution in [0.25, 0.3) is 0 Å². The topological polar surface area (TPSA) is 89.0 Å². The summed E-state index contributed by atoms with van der Waals surface area (Å²) in [6.07, 6.45) is 1.43. The highest BCUT2D eigenvalue weighted by Gasteiger charge is 2.17. The van der Waals surface area contributed by atoms with Crippen molar-refractivity contribution in [3.63, 3.8) is 0 Å². The highest BCUT2D eigenvalue weighted by atomic mass is 35.5. The number of ether oxygens (including phenoxy) is 1. The molecule has 0 bridgehead atoms. The Bertz CT molecular complexity index is 682. The van der Waals surface area contributed by atoms with Crippen LogP contribution in [0.3, 0.4) is 0 Å². The first-order valence-electron chi connectivity index (χ1n) is 5.08. The second-order valence-electron chi connectivity index (χ2n) is 3.43. The number of benzene rings is 1. The first kappa shape index (κ1) is 12.8. The van der Waals surface area contributed by atoms with Gasteiger partial charge in [0, 0.05) is 23.4 Å². The van der Waals surface area contributed by atoms with Gasteiger partial charge in [0.05, 0.1) is 4.92 Å². The van der Waals surface area contributed by atoms with Gasteiger partial charge >= 0.3 is 5.69 Å². The molecule has 0 aliphatic carbocycles. The molecule has 2 rings (SSSR count). The van der Waals surface area contributed by atoms with Crippen LogP contribution in [-0.4, -0.2) is 9.91 Å². The predicted octanol–water partition coefficient (Wildman–Crippen LogP) is 3.31. The van der Waals surface area contributed by atoms with Crippen LogP contribution in [0, 0.1) is 21.4 Å². The fraction of sp³-hybridized carbons (Fsp3) is 0. The van der Waals surface area contributed by atoms with Gasteiger partial charge in [-0.25, -0.2) is 4.98 Å². The van der Waals surface area contributed by atoms with Crippen molar-refractivity contribution in [3.8, 4) is 17.6 Å². The van der Waals surface area contributed by atoms with E-state index in [4.69, 9.17) is 21.6 Å². The fourth-order valence-electron chi connectivity index (χ4n) is 1.40. The summed E-state index contributed by atoms with van der Waals surface area (Å²) in [6.45, 7) is 0. The summed E-state index contributed by atoms with van der Waals surface area (Å²) >= 11 is 5.78. The van der Waals surface area contributed by atoms with Crippen molar-refractivity contribution in [2.45, 2.75) is 0 Å². The maximum atomic E-state index is 10.9. The third-order valence-corrected chi connectivity index (χ3v) is 2.45. The average Bonchev–Trinajstić information content (AvgIpc) is 2.39. The van der Waals surface area contributed by atoms with E-state index in [1.165, 1.54) is 30.5 Å². The van der Waals surface area contributed by atoms with Crippen molar-refractivity contribution in [1.82, 2.24) is 4.98 Å². The first-order chi connectivity index (χ1) is 9.11. The lowest BCUT2D eigenvalue weighted by atomic mass is 10.3. The average molecular weight is 276 g/mol. The van der Waals surface area contributed by atoms with E-state index in [-0.39, 0.29) is 22.9 Å². The van der Waals surface area contributed by atoms with Crippen LogP contribution in [0.4, 0.5) is 5.69 Å². The molecule has 0 saturated heterocycles. The number of pyridine rings is 1. The van der Waals surface area contributed by atoms with E-state index in [9.17, 15) is 10.1 Å². The second-order valence-corrected chi connectivity index (χ2v) is 3.87. The second kappa shape index (κ2) is 5.33. The van der Waals surface area contributed by atoms with E-state index in [0.29, 0.717) is 5.02 Å². The largest absolute Gasteiger partial charge is 0.447 e. The smallest absolute Gasteiger partial charge is 0.311 e. The molecular formula is C12H6ClN3O3. The number of aromatic nitrogens is 1. The molecule has 19 heavy (non-hydrogen) atoms. The summed E-state index contributed by atoms with van der Waals surface area (Å²) < 4.78 is 5.36. The Labute approximate surface area is 113 Å². The lowest BCUT2D eigenvalue weighted by Crippen LogP contribution is -1.95. The van der Waals surface area contributed by atoms with Crippen molar-refractivity contribution >= 4 is 17.3 Å². The molecule has 0 saturated carbocycles. The summed E-state index contributed by atoms with van der Waals surface area (Å²) in [6, 6.07) is 8.84. The Kier molecular flexibility index (Phi) is 3.59. The van der Waals surface area contributed by atoms with Crippen molar-refractivity contribution < 1.29 is 9.66 Å². The molecule has 0 aliphatic rings. The zero-order valence-electron chi connectivity index (χ0n) is 9.41. The van der Waals surface area contributed by atoms with Crippen LogP contribution < -0.4 is 4.74 Å². The lowest BCUT2D eigenvalue weighted by Gasteiger charge is -2.07. The van der Waals surface area contributed by atoms with Crippen molar-refractivity contribution in [2.24, 2.45) is 0 Å². The molecule has 0 radical (unpaired) electrons. The van der Waals surface area contributed by atoms with Gasteiger partial charge in [-0.15, -0.1) is 0 Å². The minimum Gasteiger partial charge on any atom is -0.447 e. The molecule has 7 heteroatoms. The van der Waals surface area contributed by atoms with E-state index < -0.39 is 4.92 Å². The molecule has 2 aromatic rings. The quantitative estimate of drug-likeness (QED) is 0.633. The van der Waals surface area contributed by atoms with E-state index in [1.54, 1.807) is 6.07 Å². The number of nitro benzene ring substituents is 1. The summed E-state index contributed by atoms with van der Waals surface area (Å²) in [5.74, 6) is 0.0948. The molecule has 94 valence electrons. The molecular weight excluding hydrogens is 270 g/mol. The van der Waals surface area contributed by atoms with Gasteiger partial charge < -0.3 is 4.74 Å². The van der Waals surface area contributed by atoms with Crippen LogP contribution in [0.15, 0.2) is 36.5 Å². The van der Waals surface area contributed by atoms with Crippen LogP contribution >= 0.6 is 11.6 Å². The highest BCUT2D eigenvalue weighted by Crippen LogP contribution is 2.34. The maximum absolute atomic E-state index is 10.9. The highest BCUT2D eigenvalue weighted by molar-refractivity contribution is 6.30. The van der Waals surface area contributed by atoms with Gasteiger partial charge in [0.15, 0.2) is 11.4 Å². The molecule has 1 aromatic carbocycles. The predicted molar refractivity (Wildman–Crippen MR) is 67.1 cm³/mol. The van der Waals surface area contributed by atoms with Gasteiger partial charge in [-0.05, 0) is 18.2 Å². The summed E-state index contributed by atoms with van der Waals surface area (Å²) in [5.41, 5.74) is -0.200. The van der Waals surface area contributed by atoms with Gasteiger partial charge in [-0.1, -0.05) is 11.6 Å². The molecule has 0 N–H and O–H groups in total.